The van der Waals surface area contributed by atoms with Crippen LogP contribution >= 0.6 is 0 Å². The van der Waals surface area contributed by atoms with Crippen molar-refractivity contribution in [1.29, 1.82) is 0 Å². The Morgan fingerprint density at radius 1 is 1.39 bits per heavy atom. The van der Waals surface area contributed by atoms with Gasteiger partial charge in [0.05, 0.1) is 6.26 Å². The first kappa shape index (κ1) is 12.2. The van der Waals surface area contributed by atoms with Crippen molar-refractivity contribution >= 4 is 0 Å². The maximum Gasteiger partial charge on any atom is 0.108 e. The quantitative estimate of drug-likeness (QED) is 0.839. The van der Waals surface area contributed by atoms with E-state index in [9.17, 15) is 0 Å². The first-order chi connectivity index (χ1) is 8.88. The summed E-state index contributed by atoms with van der Waals surface area (Å²) in [6, 6.07) is 3.54. The summed E-state index contributed by atoms with van der Waals surface area (Å²) in [5.41, 5.74) is 1.40. The highest BCUT2D eigenvalue weighted by Gasteiger charge is 2.28. The normalized spacial score (nSPS) is 23.3. The summed E-state index contributed by atoms with van der Waals surface area (Å²) in [5, 5.41) is 3.71. The second kappa shape index (κ2) is 5.45. The van der Waals surface area contributed by atoms with Crippen molar-refractivity contribution in [2.45, 2.75) is 51.1 Å². The fourth-order valence-electron chi connectivity index (χ4n) is 3.12. The predicted molar refractivity (Wildman–Crippen MR) is 72.7 cm³/mol. The van der Waals surface area contributed by atoms with Crippen molar-refractivity contribution in [3.63, 3.8) is 0 Å². The van der Waals surface area contributed by atoms with E-state index >= 15 is 0 Å². The molecule has 0 saturated heterocycles. The van der Waals surface area contributed by atoms with Gasteiger partial charge in [-0.3, -0.25) is 4.90 Å². The number of hydrogen-bond donors (Lipinski definition) is 1. The molecule has 1 saturated carbocycles. The lowest BCUT2D eigenvalue weighted by atomic mass is 9.93. The van der Waals surface area contributed by atoms with E-state index in [1.165, 1.54) is 50.1 Å². The second-order valence-corrected chi connectivity index (χ2v) is 5.56. The molecule has 3 heteroatoms. The van der Waals surface area contributed by atoms with E-state index < -0.39 is 0 Å². The number of fused-ring (bicyclic) bond motifs is 1. The fourth-order valence-corrected chi connectivity index (χ4v) is 3.12. The minimum atomic E-state index is 0.519. The van der Waals surface area contributed by atoms with E-state index in [0.717, 1.165) is 19.0 Å². The summed E-state index contributed by atoms with van der Waals surface area (Å²) in [7, 11) is 0. The number of furan rings is 1. The molecule has 1 unspecified atom stereocenters. The third-order valence-corrected chi connectivity index (χ3v) is 4.31. The molecule has 1 aromatic rings. The highest BCUT2D eigenvalue weighted by Crippen LogP contribution is 2.30. The zero-order chi connectivity index (χ0) is 12.4. The second-order valence-electron chi connectivity index (χ2n) is 5.56. The van der Waals surface area contributed by atoms with Crippen LogP contribution < -0.4 is 5.32 Å². The number of nitrogens with one attached hydrogen (secondary N) is 1. The maximum absolute atomic E-state index is 5.53. The summed E-state index contributed by atoms with van der Waals surface area (Å²) >= 11 is 0. The van der Waals surface area contributed by atoms with Crippen molar-refractivity contribution < 1.29 is 4.42 Å². The van der Waals surface area contributed by atoms with Crippen molar-refractivity contribution in [2.24, 2.45) is 0 Å². The Labute approximate surface area is 110 Å². The molecule has 1 aromatic heterocycles. The van der Waals surface area contributed by atoms with Crippen LogP contribution in [-0.2, 0) is 6.42 Å². The molecule has 0 aromatic carbocycles. The Morgan fingerprint density at radius 3 is 3.06 bits per heavy atom. The van der Waals surface area contributed by atoms with Crippen molar-refractivity contribution in [3.8, 4) is 0 Å². The molecule has 0 spiro atoms. The Bertz CT molecular complexity index is 384. The van der Waals surface area contributed by atoms with Crippen LogP contribution in [0.3, 0.4) is 0 Å². The van der Waals surface area contributed by atoms with Crippen LogP contribution in [0.15, 0.2) is 16.7 Å². The average Bonchev–Trinajstić information content (AvgIpc) is 3.11. The lowest BCUT2D eigenvalue weighted by Gasteiger charge is -2.25. The van der Waals surface area contributed by atoms with Crippen LogP contribution in [0.5, 0.6) is 0 Å². The monoisotopic (exact) mass is 248 g/mol. The molecule has 3 rings (SSSR count). The minimum absolute atomic E-state index is 0.519. The van der Waals surface area contributed by atoms with Crippen molar-refractivity contribution in [1.82, 2.24) is 10.2 Å². The molecule has 18 heavy (non-hydrogen) atoms. The van der Waals surface area contributed by atoms with Gasteiger partial charge in [-0.25, -0.2) is 0 Å². The van der Waals surface area contributed by atoms with Gasteiger partial charge in [0.25, 0.3) is 0 Å². The summed E-state index contributed by atoms with van der Waals surface area (Å²) in [6.45, 7) is 5.74. The first-order valence-electron chi connectivity index (χ1n) is 7.42. The van der Waals surface area contributed by atoms with Gasteiger partial charge in [-0.15, -0.1) is 0 Å². The smallest absolute Gasteiger partial charge is 0.108 e. The Hall–Kier alpha value is -0.800. The van der Waals surface area contributed by atoms with Gasteiger partial charge in [0, 0.05) is 37.2 Å². The van der Waals surface area contributed by atoms with Crippen LogP contribution in [0.25, 0.3) is 0 Å². The average molecular weight is 248 g/mol. The van der Waals surface area contributed by atoms with Gasteiger partial charge in [-0.1, -0.05) is 6.92 Å². The van der Waals surface area contributed by atoms with Gasteiger partial charge in [0.2, 0.25) is 0 Å². The number of hydrogen-bond acceptors (Lipinski definition) is 3. The summed E-state index contributed by atoms with van der Waals surface area (Å²) in [5.74, 6) is 1.20. The molecule has 1 fully saturated rings. The van der Waals surface area contributed by atoms with E-state index in [0.29, 0.717) is 6.04 Å². The maximum atomic E-state index is 5.53. The SMILES string of the molecule is CCN(CCNC1CCCc2occc21)C1CC1. The Balaban J connectivity index is 1.49. The van der Waals surface area contributed by atoms with E-state index in [2.05, 4.69) is 23.2 Å². The third kappa shape index (κ3) is 2.62. The van der Waals surface area contributed by atoms with E-state index in [4.69, 9.17) is 4.42 Å². The van der Waals surface area contributed by atoms with Gasteiger partial charge in [0.1, 0.15) is 5.76 Å². The van der Waals surface area contributed by atoms with Crippen LogP contribution in [0.2, 0.25) is 0 Å². The van der Waals surface area contributed by atoms with Crippen LogP contribution in [0, 0.1) is 0 Å². The number of rotatable bonds is 6. The lowest BCUT2D eigenvalue weighted by molar-refractivity contribution is 0.269. The largest absolute Gasteiger partial charge is 0.469 e. The third-order valence-electron chi connectivity index (χ3n) is 4.31. The predicted octanol–water partition coefficient (Wildman–Crippen LogP) is 2.73. The minimum Gasteiger partial charge on any atom is -0.469 e. The summed E-state index contributed by atoms with van der Waals surface area (Å²) < 4.78 is 5.53. The van der Waals surface area contributed by atoms with Crippen LogP contribution in [-0.4, -0.2) is 30.6 Å². The summed E-state index contributed by atoms with van der Waals surface area (Å²) in [4.78, 5) is 2.60. The van der Waals surface area contributed by atoms with Gasteiger partial charge < -0.3 is 9.73 Å². The molecule has 2 aliphatic carbocycles. The number of likely N-dealkylation sites (N-methyl/N-ethyl adjacent to an activating group) is 1. The zero-order valence-electron chi connectivity index (χ0n) is 11.3. The standard InChI is InChI=1S/C15H24N2O/c1-2-17(12-6-7-12)10-9-16-14-4-3-5-15-13(14)8-11-18-15/h8,11-12,14,16H,2-7,9-10H2,1H3. The Kier molecular flexibility index (Phi) is 3.71. The molecule has 0 bridgehead atoms. The van der Waals surface area contributed by atoms with Crippen LogP contribution in [0.1, 0.15) is 50.0 Å². The van der Waals surface area contributed by atoms with Gasteiger partial charge >= 0.3 is 0 Å². The zero-order valence-corrected chi connectivity index (χ0v) is 11.3. The lowest BCUT2D eigenvalue weighted by Crippen LogP contribution is -2.35. The molecule has 0 aliphatic heterocycles. The molecule has 2 aliphatic rings. The Morgan fingerprint density at radius 2 is 2.28 bits per heavy atom. The number of nitrogens with zero attached hydrogens (tertiary/aromatic N) is 1. The molecule has 1 heterocycles. The molecule has 0 radical (unpaired) electrons. The molecular formula is C15H24N2O. The molecule has 1 N–H and O–H groups in total. The fraction of sp³-hybridized carbons (Fsp3) is 0.733. The van der Waals surface area contributed by atoms with Crippen molar-refractivity contribution in [3.05, 3.63) is 23.7 Å². The molecule has 1 atom stereocenters. The first-order valence-corrected chi connectivity index (χ1v) is 7.42. The highest BCUT2D eigenvalue weighted by molar-refractivity contribution is 5.23. The van der Waals surface area contributed by atoms with Gasteiger partial charge in [-0.2, -0.15) is 0 Å². The highest BCUT2D eigenvalue weighted by atomic mass is 16.3. The van der Waals surface area contributed by atoms with E-state index in [-0.39, 0.29) is 0 Å². The van der Waals surface area contributed by atoms with Gasteiger partial charge in [-0.05, 0) is 38.3 Å². The van der Waals surface area contributed by atoms with Gasteiger partial charge in [0.15, 0.2) is 0 Å². The van der Waals surface area contributed by atoms with E-state index in [1.54, 1.807) is 0 Å². The summed E-state index contributed by atoms with van der Waals surface area (Å²) in [6.07, 6.45) is 8.27. The van der Waals surface area contributed by atoms with Crippen LogP contribution in [0.4, 0.5) is 0 Å². The topological polar surface area (TPSA) is 28.4 Å². The van der Waals surface area contributed by atoms with E-state index in [1.807, 2.05) is 6.26 Å². The molecule has 0 amide bonds. The molecular weight excluding hydrogens is 224 g/mol. The van der Waals surface area contributed by atoms with Crippen molar-refractivity contribution in [2.75, 3.05) is 19.6 Å². The number of aryl methyl sites for hydroxylation is 1. The molecule has 100 valence electrons. The molecule has 3 nitrogen and oxygen atoms in total.